The first-order valence-electron chi connectivity index (χ1n) is 11.1. The molecular formula is C25H30N2O5S. The van der Waals surface area contributed by atoms with Crippen molar-refractivity contribution in [2.75, 3.05) is 39.1 Å². The van der Waals surface area contributed by atoms with Gasteiger partial charge in [0.15, 0.2) is 6.61 Å². The fourth-order valence-electron chi connectivity index (χ4n) is 3.49. The van der Waals surface area contributed by atoms with Crippen molar-refractivity contribution >= 4 is 29.5 Å². The lowest BCUT2D eigenvalue weighted by Crippen LogP contribution is -2.31. The van der Waals surface area contributed by atoms with Crippen molar-refractivity contribution < 1.29 is 23.9 Å². The number of carbonyl (C=O) groups excluding carboxylic acids is 3. The van der Waals surface area contributed by atoms with E-state index in [0.29, 0.717) is 23.6 Å². The van der Waals surface area contributed by atoms with Gasteiger partial charge in [-0.25, -0.2) is 4.79 Å². The summed E-state index contributed by atoms with van der Waals surface area (Å²) in [7, 11) is 1.67. The maximum absolute atomic E-state index is 12.6. The highest BCUT2D eigenvalue weighted by atomic mass is 32.2. The number of ether oxygens (including phenoxy) is 2. The lowest BCUT2D eigenvalue weighted by molar-refractivity contribution is -0.133. The van der Waals surface area contributed by atoms with E-state index in [1.54, 1.807) is 25.2 Å². The highest BCUT2D eigenvalue weighted by molar-refractivity contribution is 8.00. The van der Waals surface area contributed by atoms with Gasteiger partial charge in [0.05, 0.1) is 17.9 Å². The summed E-state index contributed by atoms with van der Waals surface area (Å²) in [4.78, 5) is 41.5. The molecule has 1 saturated heterocycles. The van der Waals surface area contributed by atoms with Crippen molar-refractivity contribution in [2.24, 2.45) is 0 Å². The molecule has 1 aliphatic heterocycles. The number of carbonyl (C=O) groups is 3. The average Bonchev–Trinajstić information content (AvgIpc) is 3.37. The molecule has 2 aromatic carbocycles. The Morgan fingerprint density at radius 2 is 1.73 bits per heavy atom. The molecule has 0 aromatic heterocycles. The van der Waals surface area contributed by atoms with Crippen LogP contribution in [0.5, 0.6) is 5.75 Å². The third-order valence-electron chi connectivity index (χ3n) is 5.32. The standard InChI is InChI=1S/C25H30N2O5S/c1-3-31-20-12-10-19(11-13-20)16-26(2)23(28)17-32-25(30)21-8-4-5-9-22(21)33-18-24(29)27-14-6-7-15-27/h4-5,8-13H,3,6-7,14-18H2,1-2H3. The number of amides is 2. The van der Waals surface area contributed by atoms with E-state index in [1.807, 2.05) is 42.2 Å². The molecule has 0 radical (unpaired) electrons. The van der Waals surface area contributed by atoms with Gasteiger partial charge in [-0.15, -0.1) is 11.8 Å². The average molecular weight is 471 g/mol. The van der Waals surface area contributed by atoms with Crippen LogP contribution < -0.4 is 4.74 Å². The first kappa shape index (κ1) is 24.6. The van der Waals surface area contributed by atoms with Crippen LogP contribution in [0.2, 0.25) is 0 Å². The highest BCUT2D eigenvalue weighted by Gasteiger charge is 2.20. The molecule has 3 rings (SSSR count). The first-order valence-corrected chi connectivity index (χ1v) is 12.1. The summed E-state index contributed by atoms with van der Waals surface area (Å²) in [6.45, 7) is 4.17. The van der Waals surface area contributed by atoms with E-state index >= 15 is 0 Å². The molecule has 2 aromatic rings. The van der Waals surface area contributed by atoms with Crippen molar-refractivity contribution in [2.45, 2.75) is 31.2 Å². The van der Waals surface area contributed by atoms with Crippen LogP contribution in [-0.2, 0) is 20.9 Å². The number of likely N-dealkylation sites (N-methyl/N-ethyl adjacent to an activating group) is 1. The van der Waals surface area contributed by atoms with Gasteiger partial charge in [-0.1, -0.05) is 24.3 Å². The van der Waals surface area contributed by atoms with Gasteiger partial charge >= 0.3 is 5.97 Å². The van der Waals surface area contributed by atoms with Crippen LogP contribution in [0.25, 0.3) is 0 Å². The van der Waals surface area contributed by atoms with E-state index in [1.165, 1.54) is 16.7 Å². The quantitative estimate of drug-likeness (QED) is 0.390. The van der Waals surface area contributed by atoms with Gasteiger partial charge in [0, 0.05) is 31.6 Å². The summed E-state index contributed by atoms with van der Waals surface area (Å²) < 4.78 is 10.7. The predicted octanol–water partition coefficient (Wildman–Crippen LogP) is 3.62. The van der Waals surface area contributed by atoms with Crippen LogP contribution in [0.4, 0.5) is 0 Å². The van der Waals surface area contributed by atoms with Gasteiger partial charge in [0.2, 0.25) is 5.91 Å². The number of rotatable bonds is 10. The Balaban J connectivity index is 1.50. The molecule has 0 unspecified atom stereocenters. The Morgan fingerprint density at radius 1 is 1.03 bits per heavy atom. The zero-order chi connectivity index (χ0) is 23.6. The number of nitrogens with zero attached hydrogens (tertiary/aromatic N) is 2. The fourth-order valence-corrected chi connectivity index (χ4v) is 4.44. The molecule has 2 amide bonds. The zero-order valence-electron chi connectivity index (χ0n) is 19.1. The smallest absolute Gasteiger partial charge is 0.339 e. The first-order chi connectivity index (χ1) is 16.0. The number of likely N-dealkylation sites (tertiary alicyclic amines) is 1. The van der Waals surface area contributed by atoms with Gasteiger partial charge in [0.1, 0.15) is 5.75 Å². The fraction of sp³-hybridized carbons (Fsp3) is 0.400. The van der Waals surface area contributed by atoms with Gasteiger partial charge in [0.25, 0.3) is 5.91 Å². The second-order valence-electron chi connectivity index (χ2n) is 7.78. The Bertz CT molecular complexity index is 958. The predicted molar refractivity (Wildman–Crippen MR) is 127 cm³/mol. The minimum Gasteiger partial charge on any atom is -0.494 e. The molecule has 0 spiro atoms. The number of hydrogen-bond acceptors (Lipinski definition) is 6. The van der Waals surface area contributed by atoms with Gasteiger partial charge in [-0.3, -0.25) is 9.59 Å². The summed E-state index contributed by atoms with van der Waals surface area (Å²) >= 11 is 1.32. The number of esters is 1. The Labute approximate surface area is 199 Å². The van der Waals surface area contributed by atoms with Gasteiger partial charge in [-0.2, -0.15) is 0 Å². The van der Waals surface area contributed by atoms with Crippen molar-refractivity contribution in [3.63, 3.8) is 0 Å². The van der Waals surface area contributed by atoms with Crippen LogP contribution in [0.3, 0.4) is 0 Å². The SMILES string of the molecule is CCOc1ccc(CN(C)C(=O)COC(=O)c2ccccc2SCC(=O)N2CCCC2)cc1. The van der Waals surface area contributed by atoms with Crippen LogP contribution >= 0.6 is 11.8 Å². The number of thioether (sulfide) groups is 1. The van der Waals surface area contributed by atoms with E-state index in [0.717, 1.165) is 37.2 Å². The minimum atomic E-state index is -0.575. The molecule has 0 saturated carbocycles. The third kappa shape index (κ3) is 7.25. The molecule has 8 heteroatoms. The van der Waals surface area contributed by atoms with E-state index in [2.05, 4.69) is 0 Å². The molecule has 1 aliphatic rings. The maximum Gasteiger partial charge on any atom is 0.339 e. The molecule has 0 N–H and O–H groups in total. The second kappa shape index (κ2) is 12.3. The lowest BCUT2D eigenvalue weighted by atomic mass is 10.2. The molecule has 1 heterocycles. The largest absolute Gasteiger partial charge is 0.494 e. The molecule has 0 atom stereocenters. The topological polar surface area (TPSA) is 76.1 Å². The second-order valence-corrected chi connectivity index (χ2v) is 8.79. The van der Waals surface area contributed by atoms with Crippen LogP contribution in [0.1, 0.15) is 35.7 Å². The molecule has 1 fully saturated rings. The van der Waals surface area contributed by atoms with E-state index < -0.39 is 5.97 Å². The van der Waals surface area contributed by atoms with Gasteiger partial charge in [-0.05, 0) is 49.6 Å². The molecule has 7 nitrogen and oxygen atoms in total. The van der Waals surface area contributed by atoms with Crippen LogP contribution in [0, 0.1) is 0 Å². The Hall–Kier alpha value is -3.00. The minimum absolute atomic E-state index is 0.0757. The number of benzene rings is 2. The monoisotopic (exact) mass is 470 g/mol. The Morgan fingerprint density at radius 3 is 2.42 bits per heavy atom. The van der Waals surface area contributed by atoms with Crippen molar-refractivity contribution in [3.8, 4) is 5.75 Å². The van der Waals surface area contributed by atoms with Crippen molar-refractivity contribution in [1.82, 2.24) is 9.80 Å². The molecule has 33 heavy (non-hydrogen) atoms. The van der Waals surface area contributed by atoms with Crippen LogP contribution in [0.15, 0.2) is 53.4 Å². The highest BCUT2D eigenvalue weighted by Crippen LogP contribution is 2.24. The Kier molecular flexibility index (Phi) is 9.18. The normalized spacial score (nSPS) is 13.0. The van der Waals surface area contributed by atoms with Gasteiger partial charge < -0.3 is 19.3 Å². The van der Waals surface area contributed by atoms with E-state index in [9.17, 15) is 14.4 Å². The summed E-state index contributed by atoms with van der Waals surface area (Å²) in [6, 6.07) is 14.5. The van der Waals surface area contributed by atoms with E-state index in [-0.39, 0.29) is 24.2 Å². The van der Waals surface area contributed by atoms with E-state index in [4.69, 9.17) is 9.47 Å². The van der Waals surface area contributed by atoms with Crippen molar-refractivity contribution in [1.29, 1.82) is 0 Å². The summed E-state index contributed by atoms with van der Waals surface area (Å²) in [5, 5.41) is 0. The zero-order valence-corrected chi connectivity index (χ0v) is 19.9. The number of hydrogen-bond donors (Lipinski definition) is 0. The third-order valence-corrected chi connectivity index (χ3v) is 6.38. The molecular weight excluding hydrogens is 440 g/mol. The van der Waals surface area contributed by atoms with Crippen LogP contribution in [-0.4, -0.2) is 66.7 Å². The molecule has 176 valence electrons. The summed E-state index contributed by atoms with van der Waals surface area (Å²) in [5.41, 5.74) is 1.31. The molecule has 0 aliphatic carbocycles. The summed E-state index contributed by atoms with van der Waals surface area (Å²) in [6.07, 6.45) is 2.08. The molecule has 0 bridgehead atoms. The van der Waals surface area contributed by atoms with Crippen molar-refractivity contribution in [3.05, 3.63) is 59.7 Å². The maximum atomic E-state index is 12.6. The summed E-state index contributed by atoms with van der Waals surface area (Å²) in [5.74, 6) is 0.254. The lowest BCUT2D eigenvalue weighted by Gasteiger charge is -2.18.